The molecular weight excluding hydrogens is 276 g/mol. The molecule has 6 heteroatoms. The number of hydrogen-bond donors (Lipinski definition) is 1. The van der Waals surface area contributed by atoms with Crippen molar-refractivity contribution in [2.45, 2.75) is 36.9 Å². The number of methoxy groups -OCH3 is 1. The Hall–Kier alpha value is -0.950. The SMILES string of the molecule is COC1CCCN(S(=O)(=O)c2ccc3c(c2)CNC3)C1. The molecule has 0 spiro atoms. The lowest BCUT2D eigenvalue weighted by molar-refractivity contribution is 0.0572. The minimum atomic E-state index is -3.40. The van der Waals surface area contributed by atoms with Crippen molar-refractivity contribution in [3.63, 3.8) is 0 Å². The number of hydrogen-bond acceptors (Lipinski definition) is 4. The average molecular weight is 296 g/mol. The second kappa shape index (κ2) is 5.44. The van der Waals surface area contributed by atoms with Gasteiger partial charge in [-0.2, -0.15) is 4.31 Å². The molecule has 1 fully saturated rings. The number of ether oxygens (including phenoxy) is 1. The lowest BCUT2D eigenvalue weighted by Gasteiger charge is -2.31. The molecule has 2 heterocycles. The molecule has 0 saturated carbocycles. The number of piperidine rings is 1. The second-order valence-corrected chi connectivity index (χ2v) is 7.33. The summed E-state index contributed by atoms with van der Waals surface area (Å²) in [6.07, 6.45) is 1.79. The normalized spacial score (nSPS) is 23.8. The highest BCUT2D eigenvalue weighted by molar-refractivity contribution is 7.89. The Morgan fingerprint density at radius 3 is 2.90 bits per heavy atom. The maximum Gasteiger partial charge on any atom is 0.243 e. The van der Waals surface area contributed by atoms with Crippen molar-refractivity contribution in [2.75, 3.05) is 20.2 Å². The van der Waals surface area contributed by atoms with E-state index in [1.54, 1.807) is 23.5 Å². The van der Waals surface area contributed by atoms with E-state index in [2.05, 4.69) is 5.32 Å². The molecule has 1 atom stereocenters. The summed E-state index contributed by atoms with van der Waals surface area (Å²) in [5, 5.41) is 3.23. The van der Waals surface area contributed by atoms with E-state index >= 15 is 0 Å². The summed E-state index contributed by atoms with van der Waals surface area (Å²) in [6, 6.07) is 5.44. The first-order chi connectivity index (χ1) is 9.61. The maximum absolute atomic E-state index is 12.7. The van der Waals surface area contributed by atoms with Crippen LogP contribution in [-0.4, -0.2) is 39.0 Å². The third-order valence-corrected chi connectivity index (χ3v) is 5.98. The lowest BCUT2D eigenvalue weighted by Crippen LogP contribution is -2.42. The monoisotopic (exact) mass is 296 g/mol. The van der Waals surface area contributed by atoms with E-state index in [0.29, 0.717) is 18.0 Å². The fraction of sp³-hybridized carbons (Fsp3) is 0.571. The van der Waals surface area contributed by atoms with Crippen LogP contribution >= 0.6 is 0 Å². The van der Waals surface area contributed by atoms with Gasteiger partial charge >= 0.3 is 0 Å². The molecule has 0 bridgehead atoms. The van der Waals surface area contributed by atoms with Crippen LogP contribution in [0.25, 0.3) is 0 Å². The molecular formula is C14H20N2O3S. The van der Waals surface area contributed by atoms with E-state index in [1.165, 1.54) is 5.56 Å². The molecule has 0 aromatic heterocycles. The first kappa shape index (κ1) is 14.0. The van der Waals surface area contributed by atoms with Crippen molar-refractivity contribution >= 4 is 10.0 Å². The average Bonchev–Trinajstić information content (AvgIpc) is 2.94. The zero-order valence-electron chi connectivity index (χ0n) is 11.6. The Morgan fingerprint density at radius 1 is 1.30 bits per heavy atom. The van der Waals surface area contributed by atoms with Gasteiger partial charge in [-0.05, 0) is 36.1 Å². The third-order valence-electron chi connectivity index (χ3n) is 4.12. The molecule has 0 aliphatic carbocycles. The molecule has 1 N–H and O–H groups in total. The van der Waals surface area contributed by atoms with Gasteiger partial charge in [0.2, 0.25) is 10.0 Å². The summed E-state index contributed by atoms with van der Waals surface area (Å²) in [7, 11) is -1.76. The van der Waals surface area contributed by atoms with Crippen LogP contribution in [0.3, 0.4) is 0 Å². The Morgan fingerprint density at radius 2 is 2.10 bits per heavy atom. The molecule has 2 aliphatic rings. The predicted octanol–water partition coefficient (Wildman–Crippen LogP) is 1.09. The molecule has 1 saturated heterocycles. The number of sulfonamides is 1. The Kier molecular flexibility index (Phi) is 3.81. The Labute approximate surface area is 120 Å². The lowest BCUT2D eigenvalue weighted by atomic mass is 10.1. The molecule has 110 valence electrons. The van der Waals surface area contributed by atoms with E-state index in [4.69, 9.17) is 4.74 Å². The van der Waals surface area contributed by atoms with Crippen molar-refractivity contribution in [3.8, 4) is 0 Å². The minimum Gasteiger partial charge on any atom is -0.380 e. The Balaban J connectivity index is 1.87. The number of nitrogens with one attached hydrogen (secondary N) is 1. The zero-order chi connectivity index (χ0) is 14.2. The molecule has 1 aromatic carbocycles. The van der Waals surface area contributed by atoms with E-state index in [9.17, 15) is 8.42 Å². The van der Waals surface area contributed by atoms with Crippen molar-refractivity contribution < 1.29 is 13.2 Å². The summed E-state index contributed by atoms with van der Waals surface area (Å²) in [6.45, 7) is 2.61. The molecule has 3 rings (SSSR count). The van der Waals surface area contributed by atoms with Gasteiger partial charge in [0.1, 0.15) is 0 Å². The topological polar surface area (TPSA) is 58.6 Å². The summed E-state index contributed by atoms with van der Waals surface area (Å²) >= 11 is 0. The highest BCUT2D eigenvalue weighted by Gasteiger charge is 2.30. The number of nitrogens with zero attached hydrogens (tertiary/aromatic N) is 1. The van der Waals surface area contributed by atoms with Crippen LogP contribution < -0.4 is 5.32 Å². The van der Waals surface area contributed by atoms with Crippen molar-refractivity contribution in [3.05, 3.63) is 29.3 Å². The fourth-order valence-corrected chi connectivity index (χ4v) is 4.46. The van der Waals surface area contributed by atoms with Crippen LogP contribution in [0.15, 0.2) is 23.1 Å². The van der Waals surface area contributed by atoms with Crippen molar-refractivity contribution in [1.82, 2.24) is 9.62 Å². The maximum atomic E-state index is 12.7. The number of fused-ring (bicyclic) bond motifs is 1. The fourth-order valence-electron chi connectivity index (χ4n) is 2.90. The second-order valence-electron chi connectivity index (χ2n) is 5.40. The summed E-state index contributed by atoms with van der Waals surface area (Å²) in [5.74, 6) is 0. The molecule has 1 unspecified atom stereocenters. The molecule has 20 heavy (non-hydrogen) atoms. The molecule has 0 radical (unpaired) electrons. The highest BCUT2D eigenvalue weighted by Crippen LogP contribution is 2.25. The number of rotatable bonds is 3. The first-order valence-corrected chi connectivity index (χ1v) is 8.41. The largest absolute Gasteiger partial charge is 0.380 e. The van der Waals surface area contributed by atoms with E-state index < -0.39 is 10.0 Å². The zero-order valence-corrected chi connectivity index (χ0v) is 12.4. The molecule has 0 amide bonds. The summed E-state index contributed by atoms with van der Waals surface area (Å²) < 4.78 is 32.3. The van der Waals surface area contributed by atoms with Gasteiger partial charge in [0.05, 0.1) is 11.0 Å². The van der Waals surface area contributed by atoms with Gasteiger partial charge in [-0.3, -0.25) is 0 Å². The standard InChI is InChI=1S/C14H20N2O3S/c1-19-13-3-2-6-16(10-13)20(17,18)14-5-4-11-8-15-9-12(11)7-14/h4-5,7,13,15H,2-3,6,8-10H2,1H3. The highest BCUT2D eigenvalue weighted by atomic mass is 32.2. The molecule has 2 aliphatic heterocycles. The van der Waals surface area contributed by atoms with E-state index in [1.807, 2.05) is 6.07 Å². The van der Waals surface area contributed by atoms with Crippen molar-refractivity contribution in [2.24, 2.45) is 0 Å². The van der Waals surface area contributed by atoms with Gasteiger partial charge in [0.25, 0.3) is 0 Å². The van der Waals surface area contributed by atoms with Gasteiger partial charge in [-0.15, -0.1) is 0 Å². The minimum absolute atomic E-state index is 0.00891. The van der Waals surface area contributed by atoms with Crippen LogP contribution in [0, 0.1) is 0 Å². The first-order valence-electron chi connectivity index (χ1n) is 6.97. The molecule has 5 nitrogen and oxygen atoms in total. The van der Waals surface area contributed by atoms with E-state index in [-0.39, 0.29) is 6.10 Å². The third kappa shape index (κ3) is 2.48. The van der Waals surface area contributed by atoms with Crippen LogP contribution in [0.5, 0.6) is 0 Å². The summed E-state index contributed by atoms with van der Waals surface area (Å²) in [5.41, 5.74) is 2.28. The van der Waals surface area contributed by atoms with Crippen molar-refractivity contribution in [1.29, 1.82) is 0 Å². The number of benzene rings is 1. The smallest absolute Gasteiger partial charge is 0.243 e. The summed E-state index contributed by atoms with van der Waals surface area (Å²) in [4.78, 5) is 0.400. The van der Waals surface area contributed by atoms with Gasteiger partial charge in [0.15, 0.2) is 0 Å². The van der Waals surface area contributed by atoms with Gasteiger partial charge < -0.3 is 10.1 Å². The van der Waals surface area contributed by atoms with Crippen LogP contribution in [0.2, 0.25) is 0 Å². The Bertz CT molecular complexity index is 600. The van der Waals surface area contributed by atoms with Crippen LogP contribution in [-0.2, 0) is 27.8 Å². The predicted molar refractivity (Wildman–Crippen MR) is 75.8 cm³/mol. The van der Waals surface area contributed by atoms with Crippen LogP contribution in [0.4, 0.5) is 0 Å². The van der Waals surface area contributed by atoms with E-state index in [0.717, 1.165) is 31.5 Å². The van der Waals surface area contributed by atoms with Gasteiger partial charge in [-0.1, -0.05) is 6.07 Å². The van der Waals surface area contributed by atoms with Gasteiger partial charge in [-0.25, -0.2) is 8.42 Å². The van der Waals surface area contributed by atoms with Gasteiger partial charge in [0, 0.05) is 33.3 Å². The molecule has 1 aromatic rings. The van der Waals surface area contributed by atoms with Crippen LogP contribution in [0.1, 0.15) is 24.0 Å². The quantitative estimate of drug-likeness (QED) is 0.907.